The maximum Gasteiger partial charge on any atom is 0.163 e. The van der Waals surface area contributed by atoms with Gasteiger partial charge in [-0.15, -0.1) is 0 Å². The van der Waals surface area contributed by atoms with E-state index in [2.05, 4.69) is 39.6 Å². The molecule has 0 radical (unpaired) electrons. The lowest BCUT2D eigenvalue weighted by atomic mass is 9.92. The molecule has 3 heterocycles. The number of hydrogen-bond acceptors (Lipinski definition) is 5. The number of anilines is 1. The Morgan fingerprint density at radius 1 is 1.12 bits per heavy atom. The van der Waals surface area contributed by atoms with E-state index in [9.17, 15) is 0 Å². The molecule has 0 spiro atoms. The zero-order valence-corrected chi connectivity index (χ0v) is 14.8. The molecule has 1 fully saturated rings. The monoisotopic (exact) mass is 346 g/mol. The van der Waals surface area contributed by atoms with Crippen LogP contribution in [0.2, 0.25) is 0 Å². The van der Waals surface area contributed by atoms with Gasteiger partial charge in [0, 0.05) is 42.2 Å². The van der Waals surface area contributed by atoms with Crippen molar-refractivity contribution < 1.29 is 4.74 Å². The van der Waals surface area contributed by atoms with Crippen molar-refractivity contribution >= 4 is 5.82 Å². The van der Waals surface area contributed by atoms with Crippen LogP contribution in [-0.2, 0) is 4.74 Å². The van der Waals surface area contributed by atoms with Gasteiger partial charge in [0.2, 0.25) is 0 Å². The summed E-state index contributed by atoms with van der Waals surface area (Å²) in [5, 5.41) is 3.64. The van der Waals surface area contributed by atoms with E-state index in [4.69, 9.17) is 9.72 Å². The maximum atomic E-state index is 5.63. The number of nitrogens with zero attached hydrogens (tertiary/aromatic N) is 3. The third-order valence-corrected chi connectivity index (χ3v) is 4.67. The van der Waals surface area contributed by atoms with Gasteiger partial charge in [0.25, 0.3) is 0 Å². The molecule has 132 valence electrons. The van der Waals surface area contributed by atoms with Crippen LogP contribution >= 0.6 is 0 Å². The number of ether oxygens (including phenoxy) is 1. The zero-order chi connectivity index (χ0) is 17.8. The zero-order valence-electron chi connectivity index (χ0n) is 14.8. The second-order valence-corrected chi connectivity index (χ2v) is 6.62. The molecule has 0 saturated carbocycles. The van der Waals surface area contributed by atoms with E-state index in [1.165, 1.54) is 5.56 Å². The van der Waals surface area contributed by atoms with Crippen molar-refractivity contribution in [3.63, 3.8) is 0 Å². The molecule has 1 N–H and O–H groups in total. The lowest BCUT2D eigenvalue weighted by Crippen LogP contribution is -2.22. The Kier molecular flexibility index (Phi) is 4.88. The molecule has 0 amide bonds. The Bertz CT molecular complexity index is 848. The second kappa shape index (κ2) is 7.62. The predicted molar refractivity (Wildman–Crippen MR) is 102 cm³/mol. The lowest BCUT2D eigenvalue weighted by molar-refractivity contribution is 0.182. The van der Waals surface area contributed by atoms with Gasteiger partial charge >= 0.3 is 0 Å². The molecule has 5 heteroatoms. The van der Waals surface area contributed by atoms with E-state index >= 15 is 0 Å². The van der Waals surface area contributed by atoms with Crippen LogP contribution in [0.3, 0.4) is 0 Å². The number of nitrogens with one attached hydrogen (secondary N) is 1. The molecule has 2 unspecified atom stereocenters. The van der Waals surface area contributed by atoms with Crippen LogP contribution < -0.4 is 5.32 Å². The Balaban J connectivity index is 1.66. The molecule has 0 bridgehead atoms. The van der Waals surface area contributed by atoms with Gasteiger partial charge in [0.1, 0.15) is 5.82 Å². The summed E-state index contributed by atoms with van der Waals surface area (Å²) in [7, 11) is 0. The first-order chi connectivity index (χ1) is 12.8. The minimum Gasteiger partial charge on any atom is -0.381 e. The Hall–Kier alpha value is -2.79. The number of aromatic nitrogens is 3. The number of pyridine rings is 1. The molecule has 1 aromatic carbocycles. The third kappa shape index (κ3) is 3.73. The number of aryl methyl sites for hydroxylation is 1. The molecule has 26 heavy (non-hydrogen) atoms. The van der Waals surface area contributed by atoms with Gasteiger partial charge < -0.3 is 10.1 Å². The fourth-order valence-corrected chi connectivity index (χ4v) is 3.38. The van der Waals surface area contributed by atoms with Gasteiger partial charge in [-0.3, -0.25) is 4.98 Å². The molecule has 4 rings (SSSR count). The number of hydrogen-bond donors (Lipinski definition) is 1. The molecule has 3 aromatic rings. The first-order valence-electron chi connectivity index (χ1n) is 8.95. The summed E-state index contributed by atoms with van der Waals surface area (Å²) in [6.07, 6.45) is 4.59. The van der Waals surface area contributed by atoms with Crippen LogP contribution in [0, 0.1) is 12.8 Å². The Labute approximate surface area is 153 Å². The average Bonchev–Trinajstić information content (AvgIpc) is 3.21. The smallest absolute Gasteiger partial charge is 0.163 e. The average molecular weight is 346 g/mol. The van der Waals surface area contributed by atoms with Crippen molar-refractivity contribution in [2.45, 2.75) is 19.4 Å². The summed E-state index contributed by atoms with van der Waals surface area (Å²) < 4.78 is 5.63. The minimum absolute atomic E-state index is 0.162. The molecular formula is C21H22N4O. The van der Waals surface area contributed by atoms with Crippen molar-refractivity contribution in [2.75, 3.05) is 18.5 Å². The molecule has 1 aliphatic heterocycles. The highest BCUT2D eigenvalue weighted by molar-refractivity contribution is 5.56. The molecule has 0 aliphatic carbocycles. The SMILES string of the molecule is Cc1cc(NC(c2ccccc2)C2CCOC2)nc(-c2cccnc2)n1. The molecular weight excluding hydrogens is 324 g/mol. The highest BCUT2D eigenvalue weighted by Crippen LogP contribution is 2.32. The summed E-state index contributed by atoms with van der Waals surface area (Å²) in [5.74, 6) is 1.95. The highest BCUT2D eigenvalue weighted by atomic mass is 16.5. The fourth-order valence-electron chi connectivity index (χ4n) is 3.38. The first kappa shape index (κ1) is 16.7. The van der Waals surface area contributed by atoms with E-state index < -0.39 is 0 Å². The summed E-state index contributed by atoms with van der Waals surface area (Å²) >= 11 is 0. The van der Waals surface area contributed by atoms with Crippen LogP contribution in [0.4, 0.5) is 5.82 Å². The van der Waals surface area contributed by atoms with Gasteiger partial charge in [-0.25, -0.2) is 9.97 Å². The summed E-state index contributed by atoms with van der Waals surface area (Å²) in [4.78, 5) is 13.5. The van der Waals surface area contributed by atoms with Gasteiger partial charge in [-0.05, 0) is 31.0 Å². The van der Waals surface area contributed by atoms with Gasteiger partial charge in [-0.2, -0.15) is 0 Å². The van der Waals surface area contributed by atoms with E-state index in [0.717, 1.165) is 36.7 Å². The van der Waals surface area contributed by atoms with Crippen LogP contribution in [-0.4, -0.2) is 28.2 Å². The largest absolute Gasteiger partial charge is 0.381 e. The maximum absolute atomic E-state index is 5.63. The van der Waals surface area contributed by atoms with Crippen LogP contribution in [0.15, 0.2) is 60.9 Å². The first-order valence-corrected chi connectivity index (χ1v) is 8.95. The summed E-state index contributed by atoms with van der Waals surface area (Å²) in [6, 6.07) is 16.5. The fraction of sp³-hybridized carbons (Fsp3) is 0.286. The molecule has 1 saturated heterocycles. The summed E-state index contributed by atoms with van der Waals surface area (Å²) in [5.41, 5.74) is 3.10. The predicted octanol–water partition coefficient (Wildman–Crippen LogP) is 4.04. The minimum atomic E-state index is 0.162. The topological polar surface area (TPSA) is 59.9 Å². The Morgan fingerprint density at radius 3 is 2.73 bits per heavy atom. The van der Waals surface area contributed by atoms with Crippen molar-refractivity contribution in [1.82, 2.24) is 15.0 Å². The van der Waals surface area contributed by atoms with E-state index in [1.54, 1.807) is 12.4 Å². The third-order valence-electron chi connectivity index (χ3n) is 4.67. The molecule has 2 aromatic heterocycles. The van der Waals surface area contributed by atoms with Crippen LogP contribution in [0.1, 0.15) is 23.7 Å². The normalized spacial score (nSPS) is 17.8. The van der Waals surface area contributed by atoms with Crippen molar-refractivity contribution in [1.29, 1.82) is 0 Å². The standard InChI is InChI=1S/C21H22N4O/c1-15-12-19(25-21(23-15)17-8-5-10-22-13-17)24-20(18-9-11-26-14-18)16-6-3-2-4-7-16/h2-8,10,12-13,18,20H,9,11,14H2,1H3,(H,23,24,25). The molecule has 5 nitrogen and oxygen atoms in total. The quantitative estimate of drug-likeness (QED) is 0.755. The summed E-state index contributed by atoms with van der Waals surface area (Å²) in [6.45, 7) is 3.58. The van der Waals surface area contributed by atoms with Crippen LogP contribution in [0.25, 0.3) is 11.4 Å². The van der Waals surface area contributed by atoms with Gasteiger partial charge in [0.15, 0.2) is 5.82 Å². The van der Waals surface area contributed by atoms with Gasteiger partial charge in [-0.1, -0.05) is 30.3 Å². The van der Waals surface area contributed by atoms with Crippen LogP contribution in [0.5, 0.6) is 0 Å². The van der Waals surface area contributed by atoms with Gasteiger partial charge in [0.05, 0.1) is 12.6 Å². The van der Waals surface area contributed by atoms with Crippen molar-refractivity contribution in [3.8, 4) is 11.4 Å². The van der Waals surface area contributed by atoms with E-state index in [1.807, 2.05) is 31.2 Å². The lowest BCUT2D eigenvalue weighted by Gasteiger charge is -2.25. The number of rotatable bonds is 5. The molecule has 2 atom stereocenters. The van der Waals surface area contributed by atoms with Crippen molar-refractivity contribution in [3.05, 3.63) is 72.2 Å². The second-order valence-electron chi connectivity index (χ2n) is 6.62. The molecule has 1 aliphatic rings. The van der Waals surface area contributed by atoms with E-state index in [-0.39, 0.29) is 6.04 Å². The highest BCUT2D eigenvalue weighted by Gasteiger charge is 2.27. The van der Waals surface area contributed by atoms with E-state index in [0.29, 0.717) is 11.7 Å². The van der Waals surface area contributed by atoms with Crippen molar-refractivity contribution in [2.24, 2.45) is 5.92 Å². The number of benzene rings is 1. The Morgan fingerprint density at radius 2 is 2.00 bits per heavy atom.